The Kier molecular flexibility index (Phi) is 12.4. The van der Waals surface area contributed by atoms with Crippen molar-refractivity contribution in [3.63, 3.8) is 0 Å². The van der Waals surface area contributed by atoms with Crippen LogP contribution in [-0.2, 0) is 9.53 Å². The minimum absolute atomic E-state index is 0.109. The Morgan fingerprint density at radius 3 is 2.24 bits per heavy atom. The number of hydrogen-bond donors (Lipinski definition) is 3. The quantitative estimate of drug-likeness (QED) is 0.198. The second-order valence-electron chi connectivity index (χ2n) is 13.9. The molecule has 0 spiro atoms. The Labute approximate surface area is 322 Å². The van der Waals surface area contributed by atoms with Crippen LogP contribution < -0.4 is 35.6 Å². The number of rotatable bonds is 10. The fourth-order valence-corrected chi connectivity index (χ4v) is 6.32. The van der Waals surface area contributed by atoms with Gasteiger partial charge in [0.25, 0.3) is 5.56 Å². The summed E-state index contributed by atoms with van der Waals surface area (Å²) in [5.41, 5.74) is -0.363. The highest BCUT2D eigenvalue weighted by Crippen LogP contribution is 2.37. The number of nitrogens with one attached hydrogen (secondary N) is 2. The number of anilines is 2. The van der Waals surface area contributed by atoms with Gasteiger partial charge in [-0.05, 0) is 89.2 Å². The van der Waals surface area contributed by atoms with Crippen molar-refractivity contribution in [3.8, 4) is 11.5 Å². The van der Waals surface area contributed by atoms with Gasteiger partial charge in [0.15, 0.2) is 5.82 Å². The topological polar surface area (TPSA) is 168 Å². The maximum absolute atomic E-state index is 14.4. The Morgan fingerprint density at radius 2 is 1.64 bits per heavy atom. The van der Waals surface area contributed by atoms with Crippen LogP contribution in [-0.4, -0.2) is 95.8 Å². The number of carbonyl (C=O) groups excluding carboxylic acids is 3. The van der Waals surface area contributed by atoms with E-state index < -0.39 is 53.2 Å². The van der Waals surface area contributed by atoms with Crippen LogP contribution in [0.15, 0.2) is 65.5 Å². The van der Waals surface area contributed by atoms with E-state index in [0.29, 0.717) is 22.1 Å². The molecule has 2 heterocycles. The molecule has 3 aromatic carbocycles. The van der Waals surface area contributed by atoms with E-state index in [0.717, 1.165) is 0 Å². The van der Waals surface area contributed by atoms with Crippen molar-refractivity contribution in [1.29, 1.82) is 0 Å². The van der Waals surface area contributed by atoms with Gasteiger partial charge in [-0.15, -0.1) is 0 Å². The molecule has 3 unspecified atom stereocenters. The fourth-order valence-electron chi connectivity index (χ4n) is 6.16. The van der Waals surface area contributed by atoms with Gasteiger partial charge in [-0.25, -0.2) is 23.6 Å². The molecule has 1 aliphatic rings. The molecule has 0 saturated carbocycles. The maximum Gasteiger partial charge on any atom is 0.408 e. The van der Waals surface area contributed by atoms with Crippen molar-refractivity contribution < 1.29 is 38.1 Å². The normalized spacial score (nSPS) is 14.8. The van der Waals surface area contributed by atoms with Crippen molar-refractivity contribution in [3.05, 3.63) is 87.7 Å². The predicted octanol–water partition coefficient (Wildman–Crippen LogP) is 5.06. The molecule has 294 valence electrons. The molecule has 1 aliphatic heterocycles. The van der Waals surface area contributed by atoms with E-state index in [1.807, 2.05) is 0 Å². The smallest absolute Gasteiger partial charge is 0.408 e. The minimum Gasteiger partial charge on any atom is -0.497 e. The molecule has 0 radical (unpaired) electrons. The standard InChI is InChI=1S/C38H45ClFN7O8/c1-22(46(30-15-13-27(53-6)21-31(30)54-7)36(51)41-26-11-9-25(40)10-12-26)33-42-29-20-24(39)8-14-28(29)34(49)47(33)45-18-16-44(17-19-45)35(50)32(23(2)48)43-37(52)55-38(3,4)5/h8-15,20-23,32,48H,16-19H2,1-7H3,(H,41,51)(H,43,52). The third kappa shape index (κ3) is 9.38. The Balaban J connectivity index is 1.54. The van der Waals surface area contributed by atoms with Gasteiger partial charge in [0.2, 0.25) is 5.91 Å². The summed E-state index contributed by atoms with van der Waals surface area (Å²) < 4.78 is 31.5. The number of hydrogen-bond acceptors (Lipinski definition) is 10. The zero-order chi connectivity index (χ0) is 40.2. The number of aliphatic hydroxyl groups excluding tert-OH is 1. The molecular weight excluding hydrogens is 737 g/mol. The summed E-state index contributed by atoms with van der Waals surface area (Å²) in [7, 11) is 2.94. The third-order valence-electron chi connectivity index (χ3n) is 8.83. The largest absolute Gasteiger partial charge is 0.497 e. The number of urea groups is 1. The zero-order valence-electron chi connectivity index (χ0n) is 31.6. The average Bonchev–Trinajstić information content (AvgIpc) is 3.13. The van der Waals surface area contributed by atoms with Gasteiger partial charge in [0.05, 0.1) is 56.0 Å². The van der Waals surface area contributed by atoms with Crippen LogP contribution >= 0.6 is 11.6 Å². The lowest BCUT2D eigenvalue weighted by molar-refractivity contribution is -0.136. The second-order valence-corrected chi connectivity index (χ2v) is 14.3. The van der Waals surface area contributed by atoms with Crippen molar-refractivity contribution in [2.24, 2.45) is 0 Å². The number of methoxy groups -OCH3 is 2. The molecule has 4 amide bonds. The van der Waals surface area contributed by atoms with Crippen molar-refractivity contribution in [2.75, 3.05) is 55.6 Å². The minimum atomic E-state index is -1.28. The first-order chi connectivity index (χ1) is 26.0. The molecule has 0 bridgehead atoms. The number of piperazine rings is 1. The van der Waals surface area contributed by atoms with Crippen LogP contribution in [0.25, 0.3) is 10.9 Å². The molecule has 1 aromatic heterocycles. The Bertz CT molecular complexity index is 2100. The number of aromatic nitrogens is 2. The first-order valence-corrected chi connectivity index (χ1v) is 17.9. The van der Waals surface area contributed by atoms with Crippen molar-refractivity contribution in [1.82, 2.24) is 19.9 Å². The van der Waals surface area contributed by atoms with Crippen molar-refractivity contribution >= 4 is 51.9 Å². The van der Waals surface area contributed by atoms with E-state index >= 15 is 0 Å². The number of ether oxygens (including phenoxy) is 3. The number of fused-ring (bicyclic) bond motifs is 1. The van der Waals surface area contributed by atoms with E-state index in [1.165, 1.54) is 59.9 Å². The summed E-state index contributed by atoms with van der Waals surface area (Å²) in [4.78, 5) is 62.6. The third-order valence-corrected chi connectivity index (χ3v) is 9.06. The Hall–Kier alpha value is -5.61. The molecule has 4 aromatic rings. The van der Waals surface area contributed by atoms with Gasteiger partial charge in [-0.3, -0.25) is 14.5 Å². The van der Waals surface area contributed by atoms with Gasteiger partial charge in [0.1, 0.15) is 29.0 Å². The summed E-state index contributed by atoms with van der Waals surface area (Å²) in [5, 5.41) is 18.1. The summed E-state index contributed by atoms with van der Waals surface area (Å²) in [6.07, 6.45) is -2.08. The lowest BCUT2D eigenvalue weighted by atomic mass is 10.1. The molecule has 5 rings (SSSR count). The van der Waals surface area contributed by atoms with E-state index in [9.17, 15) is 28.7 Å². The van der Waals surface area contributed by atoms with Crippen LogP contribution in [0.5, 0.6) is 11.5 Å². The molecule has 3 atom stereocenters. The highest BCUT2D eigenvalue weighted by molar-refractivity contribution is 6.31. The van der Waals surface area contributed by atoms with E-state index in [2.05, 4.69) is 10.6 Å². The summed E-state index contributed by atoms with van der Waals surface area (Å²) >= 11 is 6.35. The van der Waals surface area contributed by atoms with Gasteiger partial charge in [-0.2, -0.15) is 0 Å². The monoisotopic (exact) mass is 781 g/mol. The van der Waals surface area contributed by atoms with E-state index in [1.54, 1.807) is 69.1 Å². The first kappa shape index (κ1) is 40.6. The predicted molar refractivity (Wildman–Crippen MR) is 206 cm³/mol. The highest BCUT2D eigenvalue weighted by atomic mass is 35.5. The number of halogens is 2. The summed E-state index contributed by atoms with van der Waals surface area (Å²) in [6.45, 7) is 8.63. The maximum atomic E-state index is 14.4. The first-order valence-electron chi connectivity index (χ1n) is 17.5. The highest BCUT2D eigenvalue weighted by Gasteiger charge is 2.36. The summed E-state index contributed by atoms with van der Waals surface area (Å²) in [6, 6.07) is 12.0. The number of nitrogens with zero attached hydrogens (tertiary/aromatic N) is 5. The summed E-state index contributed by atoms with van der Waals surface area (Å²) in [5.74, 6) is -0.110. The number of amides is 4. The number of aliphatic hydroxyl groups is 1. The molecule has 0 aliphatic carbocycles. The van der Waals surface area contributed by atoms with Crippen LogP contribution in [0, 0.1) is 5.82 Å². The second kappa shape index (κ2) is 16.8. The van der Waals surface area contributed by atoms with Gasteiger partial charge < -0.3 is 39.9 Å². The van der Waals surface area contributed by atoms with Gasteiger partial charge >= 0.3 is 12.1 Å². The molecule has 1 saturated heterocycles. The Morgan fingerprint density at radius 1 is 0.964 bits per heavy atom. The number of benzene rings is 3. The van der Waals surface area contributed by atoms with Crippen LogP contribution in [0.2, 0.25) is 5.02 Å². The lowest BCUT2D eigenvalue weighted by Gasteiger charge is -2.40. The molecular formula is C38H45ClFN7O8. The fraction of sp³-hybridized carbons (Fsp3) is 0.395. The van der Waals surface area contributed by atoms with Crippen LogP contribution in [0.4, 0.5) is 25.4 Å². The lowest BCUT2D eigenvalue weighted by Crippen LogP contribution is -2.61. The van der Waals surface area contributed by atoms with Crippen LogP contribution in [0.3, 0.4) is 0 Å². The van der Waals surface area contributed by atoms with Crippen molar-refractivity contribution in [2.45, 2.75) is 58.4 Å². The number of alkyl carbamates (subject to hydrolysis) is 1. The SMILES string of the molecule is COc1ccc(N(C(=O)Nc2ccc(F)cc2)C(C)c2nc3cc(Cl)ccc3c(=O)n2N2CCN(C(=O)C(NC(=O)OC(C)(C)C)C(C)O)CC2)c(OC)c1. The molecule has 17 heteroatoms. The van der Waals surface area contributed by atoms with E-state index in [-0.39, 0.29) is 48.7 Å². The van der Waals surface area contributed by atoms with E-state index in [4.69, 9.17) is 30.8 Å². The molecule has 15 nitrogen and oxygen atoms in total. The molecule has 3 N–H and O–H groups in total. The average molecular weight is 782 g/mol. The van der Waals surface area contributed by atoms with Gasteiger partial charge in [0, 0.05) is 29.9 Å². The molecule has 55 heavy (non-hydrogen) atoms. The molecule has 1 fully saturated rings. The van der Waals surface area contributed by atoms with Gasteiger partial charge in [-0.1, -0.05) is 11.6 Å². The van der Waals surface area contributed by atoms with Crippen LogP contribution in [0.1, 0.15) is 46.5 Å². The number of carbonyl (C=O) groups is 3. The zero-order valence-corrected chi connectivity index (χ0v) is 32.4.